The van der Waals surface area contributed by atoms with Crippen LogP contribution in [0.4, 0.5) is 9.59 Å². The molecule has 2 aliphatic heterocycles. The fraction of sp³-hybridized carbons (Fsp3) is 0.818. The van der Waals surface area contributed by atoms with E-state index in [4.69, 9.17) is 13.9 Å². The van der Waals surface area contributed by atoms with Crippen molar-refractivity contribution in [1.82, 2.24) is 9.80 Å². The number of amides is 2. The first-order chi connectivity index (χ1) is 13.6. The first-order valence-corrected chi connectivity index (χ1v) is 13.8. The minimum atomic E-state index is -1.96. The Morgan fingerprint density at radius 1 is 1.07 bits per heavy atom. The summed E-state index contributed by atoms with van der Waals surface area (Å²) < 4.78 is 17.4. The molecular formula is C22H40N2O5Si. The fourth-order valence-corrected chi connectivity index (χ4v) is 4.97. The summed E-state index contributed by atoms with van der Waals surface area (Å²) in [7, 11) is -1.96. The number of rotatable bonds is 5. The first-order valence-electron chi connectivity index (χ1n) is 10.8. The number of ether oxygens (including phenoxy) is 2. The average Bonchev–Trinajstić information content (AvgIpc) is 2.91. The predicted octanol–water partition coefficient (Wildman–Crippen LogP) is 4.64. The molecule has 0 saturated carbocycles. The summed E-state index contributed by atoms with van der Waals surface area (Å²) in [6.45, 7) is 22.2. The Morgan fingerprint density at radius 3 is 2.17 bits per heavy atom. The molecule has 0 aromatic heterocycles. The van der Waals surface area contributed by atoms with Crippen molar-refractivity contribution in [1.29, 1.82) is 0 Å². The normalized spacial score (nSPS) is 23.2. The lowest BCUT2D eigenvalue weighted by Gasteiger charge is -2.43. The maximum atomic E-state index is 12.9. The third-order valence-corrected chi connectivity index (χ3v) is 10.8. The Bertz CT molecular complexity index is 647. The van der Waals surface area contributed by atoms with Crippen LogP contribution >= 0.6 is 0 Å². The summed E-state index contributed by atoms with van der Waals surface area (Å²) in [5.74, 6) is 0.196. The molecule has 0 aromatic carbocycles. The van der Waals surface area contributed by atoms with E-state index >= 15 is 0 Å². The highest BCUT2D eigenvalue weighted by Crippen LogP contribution is 2.40. The molecule has 8 heteroatoms. The number of nitrogens with zero attached hydrogens (tertiary/aromatic N) is 2. The standard InChI is InChI=1S/C22H40N2O5Si/c1-10-11-27-19(25)23-13-16(14-23)18-12-17(29-30(8,9)22(5,6)7)15-24(18)20(26)28-21(2,3)4/h10,16-18H,1,11-15H2,2-9H3/t17-,18+/m1/s1. The number of likely N-dealkylation sites (tertiary alicyclic amines) is 2. The molecule has 2 saturated heterocycles. The zero-order valence-corrected chi connectivity index (χ0v) is 21.0. The molecule has 2 rings (SSSR count). The van der Waals surface area contributed by atoms with E-state index in [-0.39, 0.29) is 41.9 Å². The second kappa shape index (κ2) is 8.90. The maximum Gasteiger partial charge on any atom is 0.410 e. The van der Waals surface area contributed by atoms with E-state index in [2.05, 4.69) is 40.4 Å². The fourth-order valence-electron chi connectivity index (χ4n) is 3.61. The van der Waals surface area contributed by atoms with Gasteiger partial charge < -0.3 is 23.7 Å². The Balaban J connectivity index is 2.08. The average molecular weight is 441 g/mol. The second-order valence-corrected chi connectivity index (χ2v) is 15.7. The summed E-state index contributed by atoms with van der Waals surface area (Å²) in [4.78, 5) is 28.5. The van der Waals surface area contributed by atoms with Crippen LogP contribution in [0, 0.1) is 5.92 Å². The Kier molecular flexibility index (Phi) is 7.34. The van der Waals surface area contributed by atoms with Crippen molar-refractivity contribution >= 4 is 20.5 Å². The molecule has 0 spiro atoms. The van der Waals surface area contributed by atoms with Crippen molar-refractivity contribution in [3.8, 4) is 0 Å². The first kappa shape index (κ1) is 24.7. The molecule has 0 radical (unpaired) electrons. The van der Waals surface area contributed by atoms with Crippen LogP contribution < -0.4 is 0 Å². The Morgan fingerprint density at radius 2 is 1.67 bits per heavy atom. The van der Waals surface area contributed by atoms with E-state index in [9.17, 15) is 9.59 Å². The molecular weight excluding hydrogens is 400 g/mol. The summed E-state index contributed by atoms with van der Waals surface area (Å²) in [5.41, 5.74) is -0.555. The van der Waals surface area contributed by atoms with Crippen LogP contribution in [0.15, 0.2) is 12.7 Å². The maximum absolute atomic E-state index is 12.9. The Labute approximate surface area is 182 Å². The summed E-state index contributed by atoms with van der Waals surface area (Å²) in [5, 5.41) is 0.101. The van der Waals surface area contributed by atoms with E-state index in [0.29, 0.717) is 19.6 Å². The van der Waals surface area contributed by atoms with Gasteiger partial charge in [0.15, 0.2) is 8.32 Å². The van der Waals surface area contributed by atoms with Crippen LogP contribution in [-0.4, -0.2) is 74.3 Å². The predicted molar refractivity (Wildman–Crippen MR) is 120 cm³/mol. The molecule has 2 aliphatic rings. The van der Waals surface area contributed by atoms with Crippen LogP contribution in [-0.2, 0) is 13.9 Å². The van der Waals surface area contributed by atoms with Crippen LogP contribution in [0.2, 0.25) is 18.1 Å². The van der Waals surface area contributed by atoms with Crippen LogP contribution in [0.3, 0.4) is 0 Å². The third-order valence-electron chi connectivity index (χ3n) is 6.24. The molecule has 2 amide bonds. The van der Waals surface area contributed by atoms with Crippen molar-refractivity contribution in [3.63, 3.8) is 0 Å². The molecule has 0 aliphatic carbocycles. The van der Waals surface area contributed by atoms with Crippen molar-refractivity contribution in [2.75, 3.05) is 26.2 Å². The van der Waals surface area contributed by atoms with Crippen LogP contribution in [0.1, 0.15) is 48.0 Å². The summed E-state index contributed by atoms with van der Waals surface area (Å²) in [6, 6.07) is -0.00178. The van der Waals surface area contributed by atoms with Crippen molar-refractivity contribution in [3.05, 3.63) is 12.7 Å². The van der Waals surface area contributed by atoms with Gasteiger partial charge in [0.2, 0.25) is 0 Å². The number of carbonyl (C=O) groups is 2. The minimum Gasteiger partial charge on any atom is -0.445 e. The molecule has 30 heavy (non-hydrogen) atoms. The van der Waals surface area contributed by atoms with Gasteiger partial charge in [0.05, 0.1) is 6.10 Å². The summed E-state index contributed by atoms with van der Waals surface area (Å²) >= 11 is 0. The number of hydrogen-bond donors (Lipinski definition) is 0. The zero-order chi connectivity index (χ0) is 22.9. The smallest absolute Gasteiger partial charge is 0.410 e. The molecule has 2 heterocycles. The van der Waals surface area contributed by atoms with Gasteiger partial charge in [-0.1, -0.05) is 33.4 Å². The van der Waals surface area contributed by atoms with Crippen LogP contribution in [0.25, 0.3) is 0 Å². The highest BCUT2D eigenvalue weighted by Gasteiger charge is 2.49. The van der Waals surface area contributed by atoms with Gasteiger partial charge in [0.1, 0.15) is 12.2 Å². The monoisotopic (exact) mass is 440 g/mol. The molecule has 7 nitrogen and oxygen atoms in total. The minimum absolute atomic E-state index is 0.00178. The molecule has 172 valence electrons. The molecule has 2 atom stereocenters. The lowest BCUT2D eigenvalue weighted by atomic mass is 9.90. The topological polar surface area (TPSA) is 68.3 Å². The van der Waals surface area contributed by atoms with Gasteiger partial charge in [0, 0.05) is 31.6 Å². The molecule has 2 fully saturated rings. The van der Waals surface area contributed by atoms with Gasteiger partial charge in [-0.3, -0.25) is 0 Å². The van der Waals surface area contributed by atoms with Crippen molar-refractivity contribution < 1.29 is 23.5 Å². The lowest BCUT2D eigenvalue weighted by Crippen LogP contribution is -2.58. The van der Waals surface area contributed by atoms with Gasteiger partial charge in [-0.2, -0.15) is 0 Å². The van der Waals surface area contributed by atoms with Crippen molar-refractivity contribution in [2.45, 2.75) is 83.8 Å². The number of carbonyl (C=O) groups excluding carboxylic acids is 2. The lowest BCUT2D eigenvalue weighted by molar-refractivity contribution is -0.00166. The van der Waals surface area contributed by atoms with Gasteiger partial charge >= 0.3 is 12.2 Å². The Hall–Kier alpha value is -1.54. The highest BCUT2D eigenvalue weighted by atomic mass is 28.4. The molecule has 0 N–H and O–H groups in total. The third kappa shape index (κ3) is 6.00. The van der Waals surface area contributed by atoms with E-state index < -0.39 is 13.9 Å². The zero-order valence-electron chi connectivity index (χ0n) is 20.0. The van der Waals surface area contributed by atoms with E-state index in [1.165, 1.54) is 0 Å². The van der Waals surface area contributed by atoms with Crippen molar-refractivity contribution in [2.24, 2.45) is 5.92 Å². The van der Waals surface area contributed by atoms with Gasteiger partial charge in [-0.25, -0.2) is 9.59 Å². The molecule has 0 bridgehead atoms. The largest absolute Gasteiger partial charge is 0.445 e. The SMILES string of the molecule is C=CCOC(=O)N1CC([C@@H]2C[C@@H](O[Si](C)(C)C(C)(C)C)CN2C(=O)OC(C)(C)C)C1. The van der Waals surface area contributed by atoms with E-state index in [1.807, 2.05) is 25.7 Å². The van der Waals surface area contributed by atoms with E-state index in [0.717, 1.165) is 6.42 Å². The van der Waals surface area contributed by atoms with Gasteiger partial charge in [-0.05, 0) is 45.3 Å². The quantitative estimate of drug-likeness (QED) is 0.460. The molecule has 0 aromatic rings. The highest BCUT2D eigenvalue weighted by molar-refractivity contribution is 6.74. The molecule has 0 unspecified atom stereocenters. The summed E-state index contributed by atoms with van der Waals surface area (Å²) in [6.07, 6.45) is 1.68. The van der Waals surface area contributed by atoms with E-state index in [1.54, 1.807) is 11.0 Å². The van der Waals surface area contributed by atoms with Gasteiger partial charge in [0.25, 0.3) is 0 Å². The number of hydrogen-bond acceptors (Lipinski definition) is 5. The van der Waals surface area contributed by atoms with Gasteiger partial charge in [-0.15, -0.1) is 0 Å². The second-order valence-electron chi connectivity index (χ2n) is 11.0. The van der Waals surface area contributed by atoms with Crippen LogP contribution in [0.5, 0.6) is 0 Å².